The van der Waals surface area contributed by atoms with Crippen LogP contribution in [0.4, 0.5) is 14.5 Å². The first-order valence-corrected chi connectivity index (χ1v) is 11.5. The van der Waals surface area contributed by atoms with Crippen LogP contribution in [-0.4, -0.2) is 48.9 Å². The molecule has 31 heavy (non-hydrogen) atoms. The van der Waals surface area contributed by atoms with Gasteiger partial charge in [0.05, 0.1) is 5.52 Å². The molecule has 0 saturated carbocycles. The van der Waals surface area contributed by atoms with Crippen molar-refractivity contribution in [3.8, 4) is 0 Å². The maximum atomic E-state index is 13.5. The Morgan fingerprint density at radius 1 is 1.16 bits per heavy atom. The number of pyridine rings is 1. The largest absolute Gasteiger partial charge is 0.370 e. The number of anilines is 1. The second kappa shape index (κ2) is 9.60. The highest BCUT2D eigenvalue weighted by molar-refractivity contribution is 5.94. The van der Waals surface area contributed by atoms with Crippen molar-refractivity contribution in [3.05, 3.63) is 36.0 Å². The average Bonchev–Trinajstić information content (AvgIpc) is 2.72. The molecular weight excluding hydrogens is 396 g/mol. The van der Waals surface area contributed by atoms with Crippen molar-refractivity contribution < 1.29 is 13.6 Å². The standard InChI is InChI=1S/C25H33F2N3O/c1-17-11-19(13-20(31)12-18-5-4-10-29(2)15-18)16-30(14-17)23-8-7-22(25(26)27)24-21(23)6-3-9-28-24/h3,6-9,17-19,25H,4-5,10-16H2,1-2H3/t17-,18?,19-/m0/s1. The van der Waals surface area contributed by atoms with E-state index >= 15 is 0 Å². The second-order valence-electron chi connectivity index (χ2n) is 9.70. The molecule has 4 rings (SSSR count). The van der Waals surface area contributed by atoms with Crippen LogP contribution >= 0.6 is 0 Å². The van der Waals surface area contributed by atoms with Gasteiger partial charge in [-0.2, -0.15) is 0 Å². The molecular formula is C25H33F2N3O. The van der Waals surface area contributed by atoms with E-state index in [1.165, 1.54) is 12.5 Å². The van der Waals surface area contributed by atoms with Crippen molar-refractivity contribution in [3.63, 3.8) is 0 Å². The Morgan fingerprint density at radius 3 is 2.74 bits per heavy atom. The van der Waals surface area contributed by atoms with Gasteiger partial charge in [-0.15, -0.1) is 0 Å². The zero-order chi connectivity index (χ0) is 22.0. The summed E-state index contributed by atoms with van der Waals surface area (Å²) in [7, 11) is 2.13. The van der Waals surface area contributed by atoms with Crippen molar-refractivity contribution in [1.29, 1.82) is 0 Å². The number of hydrogen-bond donors (Lipinski definition) is 0. The molecule has 0 bridgehead atoms. The first kappa shape index (κ1) is 22.1. The number of likely N-dealkylation sites (tertiary alicyclic amines) is 1. The normalized spacial score (nSPS) is 25.3. The zero-order valence-electron chi connectivity index (χ0n) is 18.6. The van der Waals surface area contributed by atoms with E-state index in [1.54, 1.807) is 18.3 Å². The fourth-order valence-electron chi connectivity index (χ4n) is 5.62. The molecule has 2 aliphatic heterocycles. The second-order valence-corrected chi connectivity index (χ2v) is 9.70. The fraction of sp³-hybridized carbons (Fsp3) is 0.600. The summed E-state index contributed by atoms with van der Waals surface area (Å²) in [4.78, 5) is 21.7. The minimum Gasteiger partial charge on any atom is -0.370 e. The lowest BCUT2D eigenvalue weighted by atomic mass is 9.84. The Kier molecular flexibility index (Phi) is 6.85. The van der Waals surface area contributed by atoms with Crippen LogP contribution in [0, 0.1) is 17.8 Å². The number of halogens is 2. The lowest BCUT2D eigenvalue weighted by Crippen LogP contribution is -2.41. The average molecular weight is 430 g/mol. The van der Waals surface area contributed by atoms with E-state index in [-0.39, 0.29) is 5.56 Å². The van der Waals surface area contributed by atoms with Crippen molar-refractivity contribution in [1.82, 2.24) is 9.88 Å². The lowest BCUT2D eigenvalue weighted by Gasteiger charge is -2.38. The van der Waals surface area contributed by atoms with Gasteiger partial charge in [0.2, 0.25) is 0 Å². The molecule has 1 unspecified atom stereocenters. The molecule has 3 atom stereocenters. The third kappa shape index (κ3) is 5.22. The smallest absolute Gasteiger partial charge is 0.265 e. The predicted molar refractivity (Wildman–Crippen MR) is 121 cm³/mol. The zero-order valence-corrected chi connectivity index (χ0v) is 18.6. The van der Waals surface area contributed by atoms with E-state index in [9.17, 15) is 13.6 Å². The van der Waals surface area contributed by atoms with E-state index in [0.29, 0.717) is 41.9 Å². The molecule has 0 aliphatic carbocycles. The summed E-state index contributed by atoms with van der Waals surface area (Å²) < 4.78 is 26.9. The van der Waals surface area contributed by atoms with Crippen molar-refractivity contribution in [2.24, 2.45) is 17.8 Å². The summed E-state index contributed by atoms with van der Waals surface area (Å²) in [6.07, 6.45) is 3.70. The van der Waals surface area contributed by atoms with Crippen molar-refractivity contribution in [2.75, 3.05) is 38.1 Å². The number of rotatable bonds is 6. The molecule has 2 fully saturated rings. The van der Waals surface area contributed by atoms with Gasteiger partial charge in [0, 0.05) is 55.3 Å². The van der Waals surface area contributed by atoms with Gasteiger partial charge in [-0.05, 0) is 74.9 Å². The number of Topliss-reactive ketones (excluding diaryl/α,β-unsaturated/α-hetero) is 1. The van der Waals surface area contributed by atoms with Crippen molar-refractivity contribution in [2.45, 2.75) is 45.5 Å². The lowest BCUT2D eigenvalue weighted by molar-refractivity contribution is -0.121. The fourth-order valence-corrected chi connectivity index (χ4v) is 5.62. The van der Waals surface area contributed by atoms with Gasteiger partial charge in [0.25, 0.3) is 6.43 Å². The molecule has 1 aromatic carbocycles. The highest BCUT2D eigenvalue weighted by Gasteiger charge is 2.29. The van der Waals surface area contributed by atoms with Gasteiger partial charge in [-0.1, -0.05) is 6.92 Å². The summed E-state index contributed by atoms with van der Waals surface area (Å²) in [5.41, 5.74) is 1.31. The Labute approximate surface area is 183 Å². The predicted octanol–water partition coefficient (Wildman–Crippen LogP) is 5.33. The van der Waals surface area contributed by atoms with Crippen LogP contribution in [0.3, 0.4) is 0 Å². The highest BCUT2D eigenvalue weighted by atomic mass is 19.3. The van der Waals surface area contributed by atoms with Crippen LogP contribution in [-0.2, 0) is 4.79 Å². The minimum absolute atomic E-state index is 0.0198. The van der Waals surface area contributed by atoms with E-state index < -0.39 is 6.43 Å². The summed E-state index contributed by atoms with van der Waals surface area (Å²) in [5.74, 6) is 1.62. The first-order chi connectivity index (χ1) is 14.9. The maximum Gasteiger partial charge on any atom is 0.265 e. The van der Waals surface area contributed by atoms with Crippen LogP contribution in [0.15, 0.2) is 30.5 Å². The molecule has 2 saturated heterocycles. The van der Waals surface area contributed by atoms with E-state index in [0.717, 1.165) is 50.1 Å². The van der Waals surface area contributed by atoms with Gasteiger partial charge in [-0.25, -0.2) is 8.78 Å². The molecule has 2 aliphatic rings. The number of carbonyl (C=O) groups is 1. The van der Waals surface area contributed by atoms with Gasteiger partial charge in [0.1, 0.15) is 5.78 Å². The molecule has 2 aromatic rings. The number of benzene rings is 1. The monoisotopic (exact) mass is 429 g/mol. The van der Waals surface area contributed by atoms with Crippen molar-refractivity contribution >= 4 is 22.4 Å². The summed E-state index contributed by atoms with van der Waals surface area (Å²) in [6, 6.07) is 6.99. The molecule has 1 aromatic heterocycles. The highest BCUT2D eigenvalue weighted by Crippen LogP contribution is 2.36. The van der Waals surface area contributed by atoms with Crippen LogP contribution in [0.1, 0.15) is 51.0 Å². The summed E-state index contributed by atoms with van der Waals surface area (Å²) >= 11 is 0. The Hall–Kier alpha value is -2.08. The molecule has 0 radical (unpaired) electrons. The Bertz CT molecular complexity index is 919. The number of piperidine rings is 2. The van der Waals surface area contributed by atoms with Gasteiger partial charge < -0.3 is 9.80 Å². The molecule has 6 heteroatoms. The topological polar surface area (TPSA) is 36.4 Å². The van der Waals surface area contributed by atoms with Crippen LogP contribution in [0.5, 0.6) is 0 Å². The molecule has 4 nitrogen and oxygen atoms in total. The Balaban J connectivity index is 1.48. The van der Waals surface area contributed by atoms with Gasteiger partial charge >= 0.3 is 0 Å². The summed E-state index contributed by atoms with van der Waals surface area (Å²) in [5, 5.41) is 0.768. The number of ketones is 1. The number of hydrogen-bond acceptors (Lipinski definition) is 4. The van der Waals surface area contributed by atoms with E-state index in [1.807, 2.05) is 6.07 Å². The number of fused-ring (bicyclic) bond motifs is 1. The third-order valence-electron chi connectivity index (χ3n) is 6.85. The quantitative estimate of drug-likeness (QED) is 0.622. The minimum atomic E-state index is -2.55. The number of nitrogens with zero attached hydrogens (tertiary/aromatic N) is 3. The number of aromatic nitrogens is 1. The number of alkyl halides is 2. The number of carbonyl (C=O) groups excluding carboxylic acids is 1. The summed E-state index contributed by atoms with van der Waals surface area (Å²) in [6.45, 7) is 6.03. The molecule has 0 amide bonds. The third-order valence-corrected chi connectivity index (χ3v) is 6.85. The van der Waals surface area contributed by atoms with Crippen LogP contribution < -0.4 is 4.90 Å². The van der Waals surface area contributed by atoms with Crippen LogP contribution in [0.25, 0.3) is 10.9 Å². The molecule has 3 heterocycles. The maximum absolute atomic E-state index is 13.5. The molecule has 168 valence electrons. The van der Waals surface area contributed by atoms with Gasteiger partial charge in [0.15, 0.2) is 0 Å². The van der Waals surface area contributed by atoms with E-state index in [2.05, 4.69) is 28.8 Å². The molecule has 0 N–H and O–H groups in total. The van der Waals surface area contributed by atoms with Gasteiger partial charge in [-0.3, -0.25) is 9.78 Å². The first-order valence-electron chi connectivity index (χ1n) is 11.5. The molecule has 0 spiro atoms. The Morgan fingerprint density at radius 2 is 1.97 bits per heavy atom. The van der Waals surface area contributed by atoms with Crippen LogP contribution in [0.2, 0.25) is 0 Å². The van der Waals surface area contributed by atoms with E-state index in [4.69, 9.17) is 0 Å². The SMILES string of the molecule is C[C@H]1C[C@@H](CC(=O)CC2CCCN(C)C2)CN(c2ccc(C(F)F)c3ncccc23)C1.